The summed E-state index contributed by atoms with van der Waals surface area (Å²) in [7, 11) is -9.79. The van der Waals surface area contributed by atoms with Crippen LogP contribution < -0.4 is 0 Å². The molecule has 5 atom stereocenters. The molecule has 0 saturated carbocycles. The minimum atomic E-state index is -4.93. The molecule has 0 spiro atoms. The normalized spacial score (nSPS) is 14.6. The molecule has 616 valence electrons. The lowest BCUT2D eigenvalue weighted by molar-refractivity contribution is -0.161. The molecule has 0 heterocycles. The third-order valence-electron chi connectivity index (χ3n) is 17.9. The van der Waals surface area contributed by atoms with Crippen LogP contribution in [0.3, 0.4) is 0 Å². The number of carbonyl (C=O) groups is 3. The maximum atomic E-state index is 13.0. The van der Waals surface area contributed by atoms with Crippen molar-refractivity contribution in [2.75, 3.05) is 39.6 Å². The summed E-state index contributed by atoms with van der Waals surface area (Å²) in [6.07, 6.45) is 99.4. The number of carbonyl (C=O) groups excluding carboxylic acids is 3. The van der Waals surface area contributed by atoms with Crippen molar-refractivity contribution < 1.29 is 75.8 Å². The van der Waals surface area contributed by atoms with Crippen LogP contribution in [0.25, 0.3) is 0 Å². The van der Waals surface area contributed by atoms with Crippen LogP contribution in [0.4, 0.5) is 0 Å². The van der Waals surface area contributed by atoms with Gasteiger partial charge in [-0.3, -0.25) is 32.5 Å². The van der Waals surface area contributed by atoms with Crippen molar-refractivity contribution >= 4 is 33.6 Å². The molecule has 107 heavy (non-hydrogen) atoms. The predicted molar refractivity (Wildman–Crippen MR) is 445 cm³/mol. The molecular weight excluding hydrogens is 1390 g/mol. The van der Waals surface area contributed by atoms with Crippen LogP contribution in [0, 0.1) is 0 Å². The van der Waals surface area contributed by atoms with Gasteiger partial charge in [-0.2, -0.15) is 0 Å². The maximum absolute atomic E-state index is 13.0. The first-order valence-corrected chi connectivity index (χ1v) is 45.5. The van der Waals surface area contributed by atoms with Crippen LogP contribution in [0.2, 0.25) is 0 Å². The number of phosphoric acid groups is 2. The van der Waals surface area contributed by atoms with Crippen molar-refractivity contribution in [3.63, 3.8) is 0 Å². The lowest BCUT2D eigenvalue weighted by Crippen LogP contribution is -2.30. The highest BCUT2D eigenvalue weighted by molar-refractivity contribution is 7.47. The average Bonchev–Trinajstić information content (AvgIpc) is 0.920. The minimum absolute atomic E-state index is 0.102. The molecule has 0 bridgehead atoms. The number of aliphatic hydroxyl groups excluding tert-OH is 2. The van der Waals surface area contributed by atoms with Crippen LogP contribution in [-0.2, 0) is 55.8 Å². The van der Waals surface area contributed by atoms with Gasteiger partial charge in [0.25, 0.3) is 0 Å². The van der Waals surface area contributed by atoms with E-state index in [1.165, 1.54) is 141 Å². The van der Waals surface area contributed by atoms with E-state index in [2.05, 4.69) is 154 Å². The highest BCUT2D eigenvalue weighted by Gasteiger charge is 2.29. The fourth-order valence-corrected chi connectivity index (χ4v) is 13.1. The Morgan fingerprint density at radius 1 is 0.271 bits per heavy atom. The summed E-state index contributed by atoms with van der Waals surface area (Å²) in [4.78, 5) is 58.7. The molecule has 0 saturated heterocycles. The van der Waals surface area contributed by atoms with Crippen molar-refractivity contribution in [1.82, 2.24) is 0 Å². The van der Waals surface area contributed by atoms with E-state index in [-0.39, 0.29) is 19.3 Å². The number of rotatable bonds is 80. The summed E-state index contributed by atoms with van der Waals surface area (Å²) >= 11 is 0. The third kappa shape index (κ3) is 82.5. The molecule has 0 radical (unpaired) electrons. The summed E-state index contributed by atoms with van der Waals surface area (Å²) in [6, 6.07) is 0. The first-order valence-electron chi connectivity index (χ1n) is 42.5. The lowest BCUT2D eigenvalue weighted by Gasteiger charge is -2.21. The second-order valence-corrected chi connectivity index (χ2v) is 31.1. The molecule has 5 unspecified atom stereocenters. The van der Waals surface area contributed by atoms with Crippen LogP contribution in [0.1, 0.15) is 355 Å². The van der Waals surface area contributed by atoms with E-state index in [0.29, 0.717) is 19.3 Å². The second kappa shape index (κ2) is 81.2. The Bertz CT molecular complexity index is 2480. The Hall–Kier alpha value is -4.31. The number of unbranched alkanes of at least 4 members (excludes halogenated alkanes) is 35. The quantitative estimate of drug-likeness (QED) is 0.0146. The molecule has 0 amide bonds. The average molecular weight is 1540 g/mol. The number of allylic oxidation sites excluding steroid dienone is 22. The van der Waals surface area contributed by atoms with Gasteiger partial charge in [0.05, 0.1) is 26.4 Å². The standard InChI is InChI=1S/C89H154O16P2/c1-4-7-10-13-16-19-22-25-27-29-31-33-35-37-38-39-40-41-42-43-44-46-48-49-51-53-55-58-60-63-66-69-72-75-87(92)99-78-84(90)79-101-106(95,96)102-80-85(91)81-103-107(97,98)104-83-86(105-89(94)77-74-71-68-65-62-57-24-21-18-15-12-9-6-3)82-100-88(93)76-73-70-67-64-61-59-56-54-52-50-47-45-36-34-32-30-28-26-23-20-17-14-11-8-5-2/h7-8,10-11,16-17,19-20,25-28,31-34,37-38,45,47,52,54,84-86,90-91H,4-6,9,12-15,18,21-24,29-30,35-36,39-44,46,48-51,53,55-83H2,1-3H3,(H,95,96)(H,97,98)/b10-7-,11-8-,19-16-,20-17-,27-25-,28-26-,33-31-,34-32-,38-37-,47-45-,54-52-. The molecule has 0 aliphatic heterocycles. The number of hydrogen-bond acceptors (Lipinski definition) is 14. The zero-order valence-electron chi connectivity index (χ0n) is 67.5. The Balaban J connectivity index is 4.43. The van der Waals surface area contributed by atoms with Crippen molar-refractivity contribution in [2.45, 2.75) is 373 Å². The summed E-state index contributed by atoms with van der Waals surface area (Å²) < 4.78 is 61.2. The van der Waals surface area contributed by atoms with Gasteiger partial charge >= 0.3 is 33.6 Å². The van der Waals surface area contributed by atoms with Gasteiger partial charge in [0.1, 0.15) is 25.4 Å². The number of phosphoric ester groups is 2. The molecule has 0 aromatic rings. The predicted octanol–water partition coefficient (Wildman–Crippen LogP) is 25.4. The summed E-state index contributed by atoms with van der Waals surface area (Å²) in [5, 5.41) is 20.7. The SMILES string of the molecule is CC/C=C\C/C=C\C/C=C\C/C=C\C/C=C\C/C=C\CCCCCCCCC(=O)OCC(COP(=O)(O)OCC(O)COP(=O)(O)OCC(O)COC(=O)CCCCCCCCCCCCCCCCCCC/C=C\C/C=C\C/C=C\C/C=C\C/C=C\CC)OC(=O)CCCCCCCCCCCCCCC. The molecule has 16 nitrogen and oxygen atoms in total. The first-order chi connectivity index (χ1) is 52.2. The van der Waals surface area contributed by atoms with E-state index < -0.39 is 91.5 Å². The Labute approximate surface area is 652 Å². The highest BCUT2D eigenvalue weighted by Crippen LogP contribution is 2.45. The van der Waals surface area contributed by atoms with E-state index >= 15 is 0 Å². The Morgan fingerprint density at radius 3 is 0.785 bits per heavy atom. The number of ether oxygens (including phenoxy) is 3. The molecule has 0 aliphatic carbocycles. The van der Waals surface area contributed by atoms with Gasteiger partial charge in [0, 0.05) is 19.3 Å². The Kier molecular flexibility index (Phi) is 77.9. The van der Waals surface area contributed by atoms with Crippen molar-refractivity contribution in [3.05, 3.63) is 134 Å². The first kappa shape index (κ1) is 103. The smallest absolute Gasteiger partial charge is 0.463 e. The molecular formula is C89H154O16P2. The van der Waals surface area contributed by atoms with Gasteiger partial charge in [-0.15, -0.1) is 0 Å². The van der Waals surface area contributed by atoms with E-state index in [4.69, 9.17) is 32.3 Å². The molecule has 18 heteroatoms. The molecule has 4 N–H and O–H groups in total. The molecule has 0 rings (SSSR count). The molecule has 0 aliphatic rings. The van der Waals surface area contributed by atoms with Gasteiger partial charge in [-0.25, -0.2) is 9.13 Å². The van der Waals surface area contributed by atoms with Gasteiger partial charge in [0.2, 0.25) is 0 Å². The van der Waals surface area contributed by atoms with Crippen molar-refractivity contribution in [3.8, 4) is 0 Å². The Morgan fingerprint density at radius 2 is 0.495 bits per heavy atom. The topological polar surface area (TPSA) is 231 Å². The van der Waals surface area contributed by atoms with Crippen LogP contribution >= 0.6 is 15.6 Å². The molecule has 0 aromatic heterocycles. The van der Waals surface area contributed by atoms with E-state index in [9.17, 15) is 43.5 Å². The largest absolute Gasteiger partial charge is 0.472 e. The van der Waals surface area contributed by atoms with E-state index in [1.807, 2.05) is 0 Å². The highest BCUT2D eigenvalue weighted by atomic mass is 31.2. The van der Waals surface area contributed by atoms with Gasteiger partial charge in [-0.05, 0) is 116 Å². The zero-order chi connectivity index (χ0) is 78.0. The van der Waals surface area contributed by atoms with Crippen LogP contribution in [0.15, 0.2) is 134 Å². The number of aliphatic hydroxyl groups is 2. The fourth-order valence-electron chi connectivity index (χ4n) is 11.5. The van der Waals surface area contributed by atoms with Crippen LogP contribution in [0.5, 0.6) is 0 Å². The second-order valence-electron chi connectivity index (χ2n) is 28.2. The zero-order valence-corrected chi connectivity index (χ0v) is 69.3. The molecule has 0 aromatic carbocycles. The summed E-state index contributed by atoms with van der Waals surface area (Å²) in [5.41, 5.74) is 0. The van der Waals surface area contributed by atoms with E-state index in [1.54, 1.807) is 0 Å². The monoisotopic (exact) mass is 1540 g/mol. The van der Waals surface area contributed by atoms with Gasteiger partial charge in [-0.1, -0.05) is 353 Å². The van der Waals surface area contributed by atoms with Crippen LogP contribution in [-0.4, -0.2) is 95.9 Å². The number of hydrogen-bond donors (Lipinski definition) is 4. The summed E-state index contributed by atoms with van der Waals surface area (Å²) in [6.45, 7) is 2.47. The van der Waals surface area contributed by atoms with Gasteiger partial charge < -0.3 is 34.2 Å². The van der Waals surface area contributed by atoms with Crippen molar-refractivity contribution in [2.24, 2.45) is 0 Å². The third-order valence-corrected chi connectivity index (χ3v) is 19.8. The molecule has 0 fully saturated rings. The van der Waals surface area contributed by atoms with E-state index in [0.717, 1.165) is 154 Å². The van der Waals surface area contributed by atoms with Crippen molar-refractivity contribution in [1.29, 1.82) is 0 Å². The maximum Gasteiger partial charge on any atom is 0.472 e. The lowest BCUT2D eigenvalue weighted by atomic mass is 10.0. The summed E-state index contributed by atoms with van der Waals surface area (Å²) in [5.74, 6) is -1.58. The minimum Gasteiger partial charge on any atom is -0.463 e. The van der Waals surface area contributed by atoms with Gasteiger partial charge in [0.15, 0.2) is 6.10 Å². The fraction of sp³-hybridized carbons (Fsp3) is 0.719. The number of esters is 3.